The average Bonchev–Trinajstić information content (AvgIpc) is 2.75. The molecule has 1 saturated heterocycles. The van der Waals surface area contributed by atoms with Crippen LogP contribution in [0.1, 0.15) is 5.69 Å². The third kappa shape index (κ3) is 2.96. The van der Waals surface area contributed by atoms with Gasteiger partial charge in [-0.05, 0) is 19.2 Å². The van der Waals surface area contributed by atoms with Gasteiger partial charge < -0.3 is 19.4 Å². The van der Waals surface area contributed by atoms with Gasteiger partial charge in [0.1, 0.15) is 5.65 Å². The highest BCUT2D eigenvalue weighted by atomic mass is 35.5. The predicted molar refractivity (Wildman–Crippen MR) is 79.1 cm³/mol. The van der Waals surface area contributed by atoms with E-state index in [1.54, 1.807) is 0 Å². The normalized spacial score (nSPS) is 20.6. The topological polar surface area (TPSA) is 41.8 Å². The Labute approximate surface area is 123 Å². The Morgan fingerprint density at radius 3 is 3.25 bits per heavy atom. The van der Waals surface area contributed by atoms with Gasteiger partial charge in [0.15, 0.2) is 5.15 Å². The zero-order valence-electron chi connectivity index (χ0n) is 11.6. The summed E-state index contributed by atoms with van der Waals surface area (Å²) in [5, 5.41) is 3.97. The fourth-order valence-corrected chi connectivity index (χ4v) is 2.76. The van der Waals surface area contributed by atoms with Crippen molar-refractivity contribution < 1.29 is 4.74 Å². The van der Waals surface area contributed by atoms with Crippen molar-refractivity contribution in [1.82, 2.24) is 19.6 Å². The van der Waals surface area contributed by atoms with Gasteiger partial charge in [-0.2, -0.15) is 0 Å². The Hall–Kier alpha value is -1.14. The molecule has 3 heterocycles. The maximum absolute atomic E-state index is 6.20. The summed E-state index contributed by atoms with van der Waals surface area (Å²) in [7, 11) is 2.12. The summed E-state index contributed by atoms with van der Waals surface area (Å²) in [4.78, 5) is 6.63. The van der Waals surface area contributed by atoms with Crippen molar-refractivity contribution >= 4 is 17.2 Å². The number of imidazole rings is 1. The van der Waals surface area contributed by atoms with Crippen LogP contribution in [0.25, 0.3) is 5.65 Å². The number of aromatic nitrogens is 2. The molecule has 1 atom stereocenters. The van der Waals surface area contributed by atoms with E-state index in [1.165, 1.54) is 0 Å². The molecular weight excluding hydrogens is 276 g/mol. The number of hydrogen-bond donors (Lipinski definition) is 1. The average molecular weight is 295 g/mol. The second-order valence-corrected chi connectivity index (χ2v) is 5.52. The van der Waals surface area contributed by atoms with Gasteiger partial charge in [0, 0.05) is 32.4 Å². The molecule has 0 unspecified atom stereocenters. The largest absolute Gasteiger partial charge is 0.374 e. The zero-order chi connectivity index (χ0) is 13.9. The van der Waals surface area contributed by atoms with E-state index in [0.717, 1.165) is 37.6 Å². The number of rotatable bonds is 4. The minimum atomic E-state index is 0.242. The minimum Gasteiger partial charge on any atom is -0.374 e. The van der Waals surface area contributed by atoms with E-state index in [4.69, 9.17) is 16.3 Å². The summed E-state index contributed by atoms with van der Waals surface area (Å²) in [6.07, 6.45) is 2.22. The van der Waals surface area contributed by atoms with Crippen LogP contribution in [0.4, 0.5) is 0 Å². The van der Waals surface area contributed by atoms with Crippen LogP contribution < -0.4 is 5.32 Å². The van der Waals surface area contributed by atoms with Gasteiger partial charge in [0.2, 0.25) is 0 Å². The van der Waals surface area contributed by atoms with Crippen molar-refractivity contribution in [2.75, 3.05) is 33.3 Å². The lowest BCUT2D eigenvalue weighted by molar-refractivity contribution is -0.0182. The molecule has 108 valence electrons. The maximum Gasteiger partial charge on any atom is 0.152 e. The number of fused-ring (bicyclic) bond motifs is 1. The molecule has 0 bridgehead atoms. The van der Waals surface area contributed by atoms with Gasteiger partial charge in [0.25, 0.3) is 0 Å². The summed E-state index contributed by atoms with van der Waals surface area (Å²) in [6.45, 7) is 4.29. The van der Waals surface area contributed by atoms with Crippen LogP contribution in [0.2, 0.25) is 5.15 Å². The first-order valence-electron chi connectivity index (χ1n) is 6.86. The number of likely N-dealkylation sites (N-methyl/N-ethyl adjacent to an activating group) is 1. The molecule has 1 aliphatic rings. The molecule has 1 fully saturated rings. The fourth-order valence-electron chi connectivity index (χ4n) is 2.52. The molecule has 2 aromatic rings. The molecule has 3 rings (SSSR count). The summed E-state index contributed by atoms with van der Waals surface area (Å²) >= 11 is 6.20. The number of nitrogens with one attached hydrogen (secondary N) is 1. The minimum absolute atomic E-state index is 0.242. The van der Waals surface area contributed by atoms with Crippen LogP contribution >= 0.6 is 11.6 Å². The lowest BCUT2D eigenvalue weighted by Gasteiger charge is -2.30. The molecule has 20 heavy (non-hydrogen) atoms. The summed E-state index contributed by atoms with van der Waals surface area (Å²) in [5.41, 5.74) is 1.87. The maximum atomic E-state index is 6.20. The summed E-state index contributed by atoms with van der Waals surface area (Å²) in [5.74, 6) is 0. The number of halogens is 1. The molecule has 5 nitrogen and oxygen atoms in total. The van der Waals surface area contributed by atoms with E-state index < -0.39 is 0 Å². The Morgan fingerprint density at radius 1 is 1.50 bits per heavy atom. The van der Waals surface area contributed by atoms with Crippen molar-refractivity contribution in [2.24, 2.45) is 0 Å². The Morgan fingerprint density at radius 2 is 2.40 bits per heavy atom. The van der Waals surface area contributed by atoms with Gasteiger partial charge in [-0.25, -0.2) is 4.98 Å². The van der Waals surface area contributed by atoms with Crippen LogP contribution in [-0.2, 0) is 11.3 Å². The second-order valence-electron chi connectivity index (χ2n) is 5.16. The molecule has 1 N–H and O–H groups in total. The highest BCUT2D eigenvalue weighted by Gasteiger charge is 2.17. The quantitative estimate of drug-likeness (QED) is 0.926. The van der Waals surface area contributed by atoms with Gasteiger partial charge in [0.05, 0.1) is 18.4 Å². The molecule has 0 aliphatic carbocycles. The molecule has 2 aromatic heterocycles. The number of nitrogens with zero attached hydrogens (tertiary/aromatic N) is 3. The highest BCUT2D eigenvalue weighted by molar-refractivity contribution is 6.30. The molecule has 6 heteroatoms. The Balaban J connectivity index is 1.61. The highest BCUT2D eigenvalue weighted by Crippen LogP contribution is 2.17. The van der Waals surface area contributed by atoms with Crippen LogP contribution in [0.5, 0.6) is 0 Å². The fraction of sp³-hybridized carbons (Fsp3) is 0.500. The van der Waals surface area contributed by atoms with Gasteiger partial charge in [-0.15, -0.1) is 0 Å². The van der Waals surface area contributed by atoms with Crippen molar-refractivity contribution in [3.8, 4) is 0 Å². The molecule has 0 saturated carbocycles. The molecular formula is C14H19ClN4O. The van der Waals surface area contributed by atoms with E-state index in [9.17, 15) is 0 Å². The molecule has 0 amide bonds. The number of hydrogen-bond acceptors (Lipinski definition) is 4. The second kappa shape index (κ2) is 6.10. The first-order chi connectivity index (χ1) is 9.74. The van der Waals surface area contributed by atoms with Crippen LogP contribution in [0, 0.1) is 0 Å². The number of morpholine rings is 1. The van der Waals surface area contributed by atoms with E-state index in [1.807, 2.05) is 28.8 Å². The summed E-state index contributed by atoms with van der Waals surface area (Å²) < 4.78 is 7.74. The smallest absolute Gasteiger partial charge is 0.152 e. The first kappa shape index (κ1) is 13.8. The van der Waals surface area contributed by atoms with Crippen molar-refractivity contribution in [3.63, 3.8) is 0 Å². The van der Waals surface area contributed by atoms with Crippen molar-refractivity contribution in [1.29, 1.82) is 0 Å². The Bertz CT molecular complexity index is 586. The van der Waals surface area contributed by atoms with Crippen molar-refractivity contribution in [3.05, 3.63) is 35.2 Å². The molecule has 0 spiro atoms. The molecule has 1 aliphatic heterocycles. The van der Waals surface area contributed by atoms with E-state index in [2.05, 4.69) is 22.2 Å². The monoisotopic (exact) mass is 294 g/mol. The lowest BCUT2D eigenvalue weighted by atomic mass is 10.3. The number of ether oxygens (including phenoxy) is 1. The zero-order valence-corrected chi connectivity index (χ0v) is 12.3. The predicted octanol–water partition coefficient (Wildman–Crippen LogP) is 1.41. The van der Waals surface area contributed by atoms with E-state index in [0.29, 0.717) is 11.7 Å². The van der Waals surface area contributed by atoms with Crippen LogP contribution in [0.3, 0.4) is 0 Å². The molecule has 0 aromatic carbocycles. The third-order valence-corrected chi connectivity index (χ3v) is 3.89. The first-order valence-corrected chi connectivity index (χ1v) is 7.24. The third-order valence-electron chi connectivity index (χ3n) is 3.59. The Kier molecular flexibility index (Phi) is 4.21. The number of pyridine rings is 1. The lowest BCUT2D eigenvalue weighted by Crippen LogP contribution is -2.44. The van der Waals surface area contributed by atoms with E-state index in [-0.39, 0.29) is 6.10 Å². The van der Waals surface area contributed by atoms with Crippen LogP contribution in [-0.4, -0.2) is 53.7 Å². The SMILES string of the molecule is CN1CCO[C@H](CNCc2c(Cl)nc3ccccn23)C1. The van der Waals surface area contributed by atoms with Gasteiger partial charge in [-0.1, -0.05) is 17.7 Å². The van der Waals surface area contributed by atoms with Gasteiger partial charge in [-0.3, -0.25) is 0 Å². The van der Waals surface area contributed by atoms with Crippen molar-refractivity contribution in [2.45, 2.75) is 12.6 Å². The van der Waals surface area contributed by atoms with Crippen LogP contribution in [0.15, 0.2) is 24.4 Å². The standard InChI is InChI=1S/C14H19ClN4O/c1-18-6-7-20-11(10-18)8-16-9-12-14(15)17-13-4-2-3-5-19(12)13/h2-5,11,16H,6-10H2,1H3/t11-/m1/s1. The van der Waals surface area contributed by atoms with Gasteiger partial charge >= 0.3 is 0 Å². The summed E-state index contributed by atoms with van der Waals surface area (Å²) in [6, 6.07) is 5.89. The molecule has 0 radical (unpaired) electrons. The van der Waals surface area contributed by atoms with E-state index >= 15 is 0 Å².